The van der Waals surface area contributed by atoms with Gasteiger partial charge in [-0.05, 0) is 55.3 Å². The summed E-state index contributed by atoms with van der Waals surface area (Å²) in [5.41, 5.74) is 2.66. The zero-order valence-electron chi connectivity index (χ0n) is 17.8. The maximum absolute atomic E-state index is 12.9. The first-order valence-electron chi connectivity index (χ1n) is 10.8. The topological polar surface area (TPSA) is 117 Å². The van der Waals surface area contributed by atoms with Crippen molar-refractivity contribution in [1.82, 2.24) is 20.4 Å². The molecule has 2 N–H and O–H groups in total. The summed E-state index contributed by atoms with van der Waals surface area (Å²) in [4.78, 5) is 26.2. The predicted molar refractivity (Wildman–Crippen MR) is 124 cm³/mol. The molecular weight excluding hydrogens is 420 g/mol. The summed E-state index contributed by atoms with van der Waals surface area (Å²) in [6.45, 7) is 1.42. The average molecular weight is 442 g/mol. The first-order valence-corrected chi connectivity index (χ1v) is 10.8. The Bertz CT molecular complexity index is 1260. The fourth-order valence-electron chi connectivity index (χ4n) is 3.92. The molecule has 0 saturated carbocycles. The van der Waals surface area contributed by atoms with E-state index in [1.807, 2.05) is 48.5 Å². The SMILES string of the molecule is O=C(Nc1ccc(-c2ccc(=O)[nH]n2)cc1)C1CCCN(c2ccc(-c3ccco3)nn2)C1. The Labute approximate surface area is 189 Å². The van der Waals surface area contributed by atoms with E-state index in [-0.39, 0.29) is 17.4 Å². The van der Waals surface area contributed by atoms with Gasteiger partial charge in [-0.1, -0.05) is 12.1 Å². The third-order valence-corrected chi connectivity index (χ3v) is 5.67. The maximum atomic E-state index is 12.9. The van der Waals surface area contributed by atoms with E-state index in [1.54, 1.807) is 12.3 Å². The van der Waals surface area contributed by atoms with Crippen LogP contribution in [0.5, 0.6) is 0 Å². The molecule has 1 aliphatic rings. The highest BCUT2D eigenvalue weighted by atomic mass is 16.3. The van der Waals surface area contributed by atoms with Crippen molar-refractivity contribution < 1.29 is 9.21 Å². The van der Waals surface area contributed by atoms with E-state index in [2.05, 4.69) is 30.6 Å². The van der Waals surface area contributed by atoms with Gasteiger partial charge in [-0.3, -0.25) is 9.59 Å². The van der Waals surface area contributed by atoms with Crippen molar-refractivity contribution in [3.8, 4) is 22.7 Å². The van der Waals surface area contributed by atoms with Gasteiger partial charge in [0.05, 0.1) is 17.9 Å². The lowest BCUT2D eigenvalue weighted by Gasteiger charge is -2.32. The van der Waals surface area contributed by atoms with Crippen LogP contribution >= 0.6 is 0 Å². The minimum atomic E-state index is -0.247. The monoisotopic (exact) mass is 442 g/mol. The quantitative estimate of drug-likeness (QED) is 0.487. The first kappa shape index (κ1) is 20.6. The van der Waals surface area contributed by atoms with Gasteiger partial charge in [0.25, 0.3) is 5.56 Å². The molecule has 33 heavy (non-hydrogen) atoms. The normalized spacial score (nSPS) is 15.9. The second kappa shape index (κ2) is 9.07. The van der Waals surface area contributed by atoms with E-state index in [0.717, 1.165) is 30.8 Å². The number of aromatic amines is 1. The number of nitrogens with zero attached hydrogens (tertiary/aromatic N) is 4. The molecule has 4 aromatic rings. The number of aromatic nitrogens is 4. The number of rotatable bonds is 5. The van der Waals surface area contributed by atoms with Crippen molar-refractivity contribution in [3.63, 3.8) is 0 Å². The molecule has 1 atom stereocenters. The summed E-state index contributed by atoms with van der Waals surface area (Å²) in [5, 5.41) is 18.0. The van der Waals surface area contributed by atoms with E-state index in [1.165, 1.54) is 6.07 Å². The Morgan fingerprint density at radius 1 is 1.03 bits per heavy atom. The maximum Gasteiger partial charge on any atom is 0.264 e. The Morgan fingerprint density at radius 3 is 2.58 bits per heavy atom. The van der Waals surface area contributed by atoms with Crippen LogP contribution in [0.3, 0.4) is 0 Å². The van der Waals surface area contributed by atoms with Crippen LogP contribution in [0.15, 0.2) is 76.1 Å². The van der Waals surface area contributed by atoms with Crippen molar-refractivity contribution in [1.29, 1.82) is 0 Å². The third kappa shape index (κ3) is 4.67. The molecular formula is C24H22N6O3. The molecule has 0 aliphatic carbocycles. The molecule has 0 radical (unpaired) electrons. The second-order valence-corrected chi connectivity index (χ2v) is 7.91. The van der Waals surface area contributed by atoms with Gasteiger partial charge in [0.2, 0.25) is 5.91 Å². The van der Waals surface area contributed by atoms with E-state index >= 15 is 0 Å². The lowest BCUT2D eigenvalue weighted by Crippen LogP contribution is -2.41. The minimum absolute atomic E-state index is 0.0187. The number of H-pyrrole nitrogens is 1. The summed E-state index contributed by atoms with van der Waals surface area (Å²) in [6, 6.07) is 17.9. The van der Waals surface area contributed by atoms with Gasteiger partial charge in [-0.2, -0.15) is 5.10 Å². The van der Waals surface area contributed by atoms with Crippen molar-refractivity contribution in [2.45, 2.75) is 12.8 Å². The van der Waals surface area contributed by atoms with E-state index in [0.29, 0.717) is 29.4 Å². The number of hydrogen-bond donors (Lipinski definition) is 2. The summed E-state index contributed by atoms with van der Waals surface area (Å²) >= 11 is 0. The summed E-state index contributed by atoms with van der Waals surface area (Å²) in [7, 11) is 0. The van der Waals surface area contributed by atoms with Gasteiger partial charge in [-0.15, -0.1) is 10.2 Å². The summed E-state index contributed by atoms with van der Waals surface area (Å²) < 4.78 is 5.36. The van der Waals surface area contributed by atoms with Gasteiger partial charge in [0, 0.05) is 30.4 Å². The molecule has 1 fully saturated rings. The highest BCUT2D eigenvalue weighted by molar-refractivity contribution is 5.93. The van der Waals surface area contributed by atoms with Crippen LogP contribution in [-0.4, -0.2) is 39.4 Å². The number of carbonyl (C=O) groups excluding carboxylic acids is 1. The number of piperidine rings is 1. The molecule has 3 aromatic heterocycles. The minimum Gasteiger partial charge on any atom is -0.463 e. The molecule has 5 rings (SSSR count). The van der Waals surface area contributed by atoms with Crippen molar-refractivity contribution in [2.75, 3.05) is 23.3 Å². The Morgan fingerprint density at radius 2 is 1.88 bits per heavy atom. The highest BCUT2D eigenvalue weighted by Gasteiger charge is 2.27. The molecule has 1 aliphatic heterocycles. The number of nitrogens with one attached hydrogen (secondary N) is 2. The summed E-state index contributed by atoms with van der Waals surface area (Å²) in [6.07, 6.45) is 3.32. The van der Waals surface area contributed by atoms with Crippen LogP contribution < -0.4 is 15.8 Å². The van der Waals surface area contributed by atoms with Gasteiger partial charge in [0.15, 0.2) is 11.6 Å². The Hall–Kier alpha value is -4.27. The second-order valence-electron chi connectivity index (χ2n) is 7.91. The molecule has 166 valence electrons. The van der Waals surface area contributed by atoms with Gasteiger partial charge in [-0.25, -0.2) is 5.10 Å². The van der Waals surface area contributed by atoms with Crippen LogP contribution in [0.1, 0.15) is 12.8 Å². The Kier molecular flexibility index (Phi) is 5.67. The Balaban J connectivity index is 1.22. The largest absolute Gasteiger partial charge is 0.463 e. The molecule has 1 amide bonds. The smallest absolute Gasteiger partial charge is 0.264 e. The molecule has 1 aromatic carbocycles. The number of benzene rings is 1. The summed E-state index contributed by atoms with van der Waals surface area (Å²) in [5.74, 6) is 1.26. The fraction of sp³-hybridized carbons (Fsp3) is 0.208. The fourth-order valence-corrected chi connectivity index (χ4v) is 3.92. The highest BCUT2D eigenvalue weighted by Crippen LogP contribution is 2.25. The number of amides is 1. The van der Waals surface area contributed by atoms with Crippen LogP contribution in [0, 0.1) is 5.92 Å². The van der Waals surface area contributed by atoms with Crippen LogP contribution in [0.4, 0.5) is 11.5 Å². The zero-order chi connectivity index (χ0) is 22.6. The molecule has 9 heteroatoms. The first-order chi connectivity index (χ1) is 16.2. The average Bonchev–Trinajstić information content (AvgIpc) is 3.40. The molecule has 0 bridgehead atoms. The van der Waals surface area contributed by atoms with Gasteiger partial charge in [0.1, 0.15) is 5.69 Å². The lowest BCUT2D eigenvalue weighted by atomic mass is 9.97. The third-order valence-electron chi connectivity index (χ3n) is 5.67. The van der Waals surface area contributed by atoms with Gasteiger partial charge >= 0.3 is 0 Å². The van der Waals surface area contributed by atoms with E-state index < -0.39 is 0 Å². The van der Waals surface area contributed by atoms with Crippen molar-refractivity contribution in [2.24, 2.45) is 5.92 Å². The molecule has 0 spiro atoms. The van der Waals surface area contributed by atoms with E-state index in [9.17, 15) is 9.59 Å². The molecule has 4 heterocycles. The van der Waals surface area contributed by atoms with Crippen LogP contribution in [-0.2, 0) is 4.79 Å². The number of anilines is 2. The predicted octanol–water partition coefficient (Wildman–Crippen LogP) is 3.34. The van der Waals surface area contributed by atoms with Crippen molar-refractivity contribution >= 4 is 17.4 Å². The number of furan rings is 1. The van der Waals surface area contributed by atoms with Crippen LogP contribution in [0.2, 0.25) is 0 Å². The number of carbonyl (C=O) groups is 1. The molecule has 1 saturated heterocycles. The molecule has 1 unspecified atom stereocenters. The van der Waals surface area contributed by atoms with Crippen molar-refractivity contribution in [3.05, 3.63) is 77.3 Å². The van der Waals surface area contributed by atoms with Gasteiger partial charge < -0.3 is 14.6 Å². The lowest BCUT2D eigenvalue weighted by molar-refractivity contribution is -0.120. The zero-order valence-corrected chi connectivity index (χ0v) is 17.8. The van der Waals surface area contributed by atoms with E-state index in [4.69, 9.17) is 4.42 Å². The number of hydrogen-bond acceptors (Lipinski definition) is 7. The van der Waals surface area contributed by atoms with Crippen LogP contribution in [0.25, 0.3) is 22.7 Å². The molecule has 9 nitrogen and oxygen atoms in total. The standard InChI is InChI=1S/C24H22N6O3/c31-23-12-10-19(26-29-23)16-5-7-18(8-6-16)25-24(32)17-3-1-13-30(15-17)22-11-9-20(27-28-22)21-4-2-14-33-21/h2,4-12,14,17H,1,3,13,15H2,(H,25,32)(H,29,31).